The number of hydrogen-bond acceptors (Lipinski definition) is 6. The highest BCUT2D eigenvalue weighted by Gasteiger charge is 2.29. The summed E-state index contributed by atoms with van der Waals surface area (Å²) in [6.45, 7) is 4.72. The highest BCUT2D eigenvalue weighted by molar-refractivity contribution is 5.43. The predicted molar refractivity (Wildman–Crippen MR) is 82.2 cm³/mol. The molecule has 1 fully saturated rings. The largest absolute Gasteiger partial charge is 0.490 e. The van der Waals surface area contributed by atoms with E-state index >= 15 is 0 Å². The van der Waals surface area contributed by atoms with Crippen molar-refractivity contribution in [3.8, 4) is 5.75 Å². The molecule has 7 nitrogen and oxygen atoms in total. The van der Waals surface area contributed by atoms with Gasteiger partial charge in [-0.15, -0.1) is 0 Å². The van der Waals surface area contributed by atoms with Gasteiger partial charge in [-0.05, 0) is 26.7 Å². The highest BCUT2D eigenvalue weighted by Crippen LogP contribution is 2.33. The van der Waals surface area contributed by atoms with Gasteiger partial charge in [0.25, 0.3) is 5.56 Å². The van der Waals surface area contributed by atoms with Gasteiger partial charge in [-0.3, -0.25) is 4.79 Å². The van der Waals surface area contributed by atoms with Crippen LogP contribution in [0.3, 0.4) is 0 Å². The molecule has 7 heteroatoms. The third-order valence-electron chi connectivity index (χ3n) is 3.82. The van der Waals surface area contributed by atoms with Crippen molar-refractivity contribution in [3.63, 3.8) is 0 Å². The lowest BCUT2D eigenvalue weighted by Gasteiger charge is -2.25. The van der Waals surface area contributed by atoms with E-state index < -0.39 is 0 Å². The van der Waals surface area contributed by atoms with E-state index in [1.807, 2.05) is 19.9 Å². The van der Waals surface area contributed by atoms with E-state index in [0.717, 1.165) is 36.7 Å². The molecule has 0 amide bonds. The van der Waals surface area contributed by atoms with Crippen LogP contribution in [0.15, 0.2) is 17.1 Å². The molecule has 3 heterocycles. The van der Waals surface area contributed by atoms with Crippen LogP contribution in [-0.4, -0.2) is 33.6 Å². The molecular formula is C15H19N5O2. The van der Waals surface area contributed by atoms with E-state index in [9.17, 15) is 4.79 Å². The Morgan fingerprint density at radius 2 is 2.18 bits per heavy atom. The molecular weight excluding hydrogens is 282 g/mol. The number of hydrogen-bond donors (Lipinski definition) is 1. The van der Waals surface area contributed by atoms with Crippen molar-refractivity contribution in [1.82, 2.24) is 19.9 Å². The van der Waals surface area contributed by atoms with Crippen LogP contribution in [0.4, 0.5) is 5.82 Å². The fraction of sp³-hybridized carbons (Fsp3) is 0.467. The summed E-state index contributed by atoms with van der Waals surface area (Å²) in [6, 6.07) is 1.99. The zero-order valence-electron chi connectivity index (χ0n) is 13.0. The van der Waals surface area contributed by atoms with E-state index in [1.54, 1.807) is 0 Å². The lowest BCUT2D eigenvalue weighted by atomic mass is 10.2. The average Bonchev–Trinajstić information content (AvgIpc) is 2.95. The van der Waals surface area contributed by atoms with Crippen LogP contribution in [0.25, 0.3) is 0 Å². The Labute approximate surface area is 128 Å². The molecule has 0 radical (unpaired) electrons. The normalized spacial score (nSPS) is 17.8. The van der Waals surface area contributed by atoms with Gasteiger partial charge in [-0.1, -0.05) is 0 Å². The molecule has 22 heavy (non-hydrogen) atoms. The molecule has 1 atom stereocenters. The maximum atomic E-state index is 11.9. The van der Waals surface area contributed by atoms with Crippen molar-refractivity contribution >= 4 is 5.82 Å². The van der Waals surface area contributed by atoms with Crippen LogP contribution in [0.2, 0.25) is 0 Å². The van der Waals surface area contributed by atoms with Crippen molar-refractivity contribution in [2.24, 2.45) is 0 Å². The Balaban J connectivity index is 1.96. The van der Waals surface area contributed by atoms with Gasteiger partial charge in [0.05, 0.1) is 19.3 Å². The Kier molecular flexibility index (Phi) is 3.79. The van der Waals surface area contributed by atoms with Crippen LogP contribution in [0.1, 0.15) is 36.2 Å². The van der Waals surface area contributed by atoms with Gasteiger partial charge in [0.15, 0.2) is 0 Å². The van der Waals surface area contributed by atoms with Crippen molar-refractivity contribution < 1.29 is 4.74 Å². The smallest absolute Gasteiger partial charge is 0.293 e. The van der Waals surface area contributed by atoms with Gasteiger partial charge in [0, 0.05) is 18.3 Å². The number of nitrogens with one attached hydrogen (secondary N) is 1. The minimum atomic E-state index is -0.255. The molecule has 116 valence electrons. The van der Waals surface area contributed by atoms with Crippen molar-refractivity contribution in [3.05, 3.63) is 40.0 Å². The number of methoxy groups -OCH3 is 1. The van der Waals surface area contributed by atoms with Crippen molar-refractivity contribution in [2.75, 3.05) is 18.6 Å². The molecule has 1 aliphatic rings. The topological polar surface area (TPSA) is 84.0 Å². The first-order chi connectivity index (χ1) is 10.6. The van der Waals surface area contributed by atoms with Crippen molar-refractivity contribution in [2.45, 2.75) is 32.7 Å². The zero-order valence-corrected chi connectivity index (χ0v) is 13.0. The summed E-state index contributed by atoms with van der Waals surface area (Å²) in [5, 5.41) is 0. The molecule has 1 unspecified atom stereocenters. The Morgan fingerprint density at radius 1 is 1.36 bits per heavy atom. The number of anilines is 1. The molecule has 2 aromatic rings. The zero-order chi connectivity index (χ0) is 15.7. The van der Waals surface area contributed by atoms with Crippen LogP contribution in [-0.2, 0) is 0 Å². The Morgan fingerprint density at radius 3 is 2.86 bits per heavy atom. The van der Waals surface area contributed by atoms with E-state index in [4.69, 9.17) is 4.74 Å². The molecule has 1 N–H and O–H groups in total. The summed E-state index contributed by atoms with van der Waals surface area (Å²) in [4.78, 5) is 30.1. The second kappa shape index (κ2) is 5.75. The third kappa shape index (κ3) is 2.66. The van der Waals surface area contributed by atoms with Gasteiger partial charge in [0.2, 0.25) is 5.75 Å². The van der Waals surface area contributed by atoms with Crippen LogP contribution < -0.4 is 15.2 Å². The highest BCUT2D eigenvalue weighted by atomic mass is 16.5. The number of ether oxygens (including phenoxy) is 1. The SMILES string of the molecule is COc1cnc(C2CCCN2c2cc(C)nc(C)n2)[nH]c1=O. The molecule has 0 bridgehead atoms. The minimum Gasteiger partial charge on any atom is -0.490 e. The molecule has 0 aliphatic carbocycles. The molecule has 0 aromatic carbocycles. The molecule has 1 aliphatic heterocycles. The first-order valence-electron chi connectivity index (χ1n) is 7.30. The van der Waals surface area contributed by atoms with Crippen LogP contribution >= 0.6 is 0 Å². The van der Waals surface area contributed by atoms with Crippen LogP contribution in [0.5, 0.6) is 5.75 Å². The number of aromatic nitrogens is 4. The van der Waals surface area contributed by atoms with E-state index in [2.05, 4.69) is 24.8 Å². The predicted octanol–water partition coefficient (Wildman–Crippen LogP) is 1.53. The van der Waals surface area contributed by atoms with Crippen LogP contribution in [0, 0.1) is 13.8 Å². The van der Waals surface area contributed by atoms with E-state index in [0.29, 0.717) is 5.82 Å². The summed E-state index contributed by atoms with van der Waals surface area (Å²) < 4.78 is 4.97. The first-order valence-corrected chi connectivity index (χ1v) is 7.30. The van der Waals surface area contributed by atoms with Gasteiger partial charge in [-0.25, -0.2) is 15.0 Å². The minimum absolute atomic E-state index is 0.0207. The average molecular weight is 301 g/mol. The summed E-state index contributed by atoms with van der Waals surface area (Å²) >= 11 is 0. The van der Waals surface area contributed by atoms with Crippen molar-refractivity contribution in [1.29, 1.82) is 0 Å². The second-order valence-electron chi connectivity index (χ2n) is 5.43. The first kappa shape index (κ1) is 14.5. The standard InChI is InChI=1S/C15H19N5O2/c1-9-7-13(18-10(2)17-9)20-6-4-5-11(20)14-16-8-12(22-3)15(21)19-14/h7-8,11H,4-6H2,1-3H3,(H,16,19,21). The summed E-state index contributed by atoms with van der Waals surface area (Å²) in [7, 11) is 1.46. The monoisotopic (exact) mass is 301 g/mol. The third-order valence-corrected chi connectivity index (χ3v) is 3.82. The molecule has 0 spiro atoms. The summed E-state index contributed by atoms with van der Waals surface area (Å²) in [6.07, 6.45) is 3.43. The maximum Gasteiger partial charge on any atom is 0.293 e. The van der Waals surface area contributed by atoms with Gasteiger partial charge in [-0.2, -0.15) is 0 Å². The molecule has 3 rings (SSSR count). The second-order valence-corrected chi connectivity index (χ2v) is 5.43. The fourth-order valence-corrected chi connectivity index (χ4v) is 2.88. The molecule has 0 saturated carbocycles. The summed E-state index contributed by atoms with van der Waals surface area (Å²) in [5.41, 5.74) is 0.679. The lowest BCUT2D eigenvalue weighted by molar-refractivity contribution is 0.404. The lowest BCUT2D eigenvalue weighted by Crippen LogP contribution is -2.27. The quantitative estimate of drug-likeness (QED) is 0.925. The number of rotatable bonds is 3. The van der Waals surface area contributed by atoms with Gasteiger partial charge in [0.1, 0.15) is 17.5 Å². The molecule has 2 aromatic heterocycles. The number of aryl methyl sites for hydroxylation is 2. The van der Waals surface area contributed by atoms with Gasteiger partial charge < -0.3 is 14.6 Å². The van der Waals surface area contributed by atoms with Gasteiger partial charge >= 0.3 is 0 Å². The fourth-order valence-electron chi connectivity index (χ4n) is 2.88. The number of aromatic amines is 1. The Hall–Kier alpha value is -2.44. The maximum absolute atomic E-state index is 11.9. The number of nitrogens with zero attached hydrogens (tertiary/aromatic N) is 4. The van der Waals surface area contributed by atoms with E-state index in [1.165, 1.54) is 13.3 Å². The Bertz CT molecular complexity index is 723. The van der Waals surface area contributed by atoms with E-state index in [-0.39, 0.29) is 17.4 Å². The molecule has 1 saturated heterocycles. The number of H-pyrrole nitrogens is 1. The summed E-state index contributed by atoms with van der Waals surface area (Å²) in [5.74, 6) is 2.50.